The van der Waals surface area contributed by atoms with Crippen LogP contribution in [0.2, 0.25) is 0 Å². The Kier molecular flexibility index (Phi) is 7.69. The topological polar surface area (TPSA) is 134 Å². The second-order valence-electron chi connectivity index (χ2n) is 7.96. The van der Waals surface area contributed by atoms with Crippen molar-refractivity contribution in [1.29, 1.82) is 0 Å². The average molecular weight is 441 g/mol. The molecule has 2 aliphatic heterocycles. The van der Waals surface area contributed by atoms with Crippen LogP contribution in [0.15, 0.2) is 41.6 Å². The molecule has 4 rings (SSSR count). The van der Waals surface area contributed by atoms with E-state index < -0.39 is 0 Å². The number of piperidine rings is 1. The fraction of sp³-hybridized carbons (Fsp3) is 0.455. The van der Waals surface area contributed by atoms with Crippen molar-refractivity contribution in [3.8, 4) is 0 Å². The average Bonchev–Trinajstić information content (AvgIpc) is 2.78. The largest absolute Gasteiger partial charge is 0.483 e. The van der Waals surface area contributed by atoms with Crippen LogP contribution in [-0.4, -0.2) is 62.5 Å². The summed E-state index contributed by atoms with van der Waals surface area (Å²) in [6.45, 7) is 2.84. The number of rotatable bonds is 5. The molecule has 1 saturated heterocycles. The monoisotopic (exact) mass is 441 g/mol. The second kappa shape index (κ2) is 10.7. The van der Waals surface area contributed by atoms with Gasteiger partial charge in [0.25, 0.3) is 12.0 Å². The van der Waals surface area contributed by atoms with E-state index in [0.29, 0.717) is 32.5 Å². The molecule has 0 aliphatic carbocycles. The molecule has 10 heteroatoms. The Morgan fingerprint density at radius 3 is 2.75 bits per heavy atom. The smallest absolute Gasteiger partial charge is 0.290 e. The number of amides is 2. The number of carboxylic acid groups (broad SMARTS) is 1. The highest BCUT2D eigenvalue weighted by molar-refractivity contribution is 5.76. The summed E-state index contributed by atoms with van der Waals surface area (Å²) in [5.41, 5.74) is 1.71. The van der Waals surface area contributed by atoms with E-state index in [-0.39, 0.29) is 41.7 Å². The van der Waals surface area contributed by atoms with Crippen LogP contribution in [0.4, 0.5) is 0 Å². The number of hydrogen-bond acceptors (Lipinski definition) is 6. The lowest BCUT2D eigenvalue weighted by molar-refractivity contribution is -0.134. The Morgan fingerprint density at radius 1 is 1.28 bits per heavy atom. The molecule has 2 N–H and O–H groups in total. The molecule has 0 radical (unpaired) electrons. The van der Waals surface area contributed by atoms with Crippen molar-refractivity contribution in [3.63, 3.8) is 0 Å². The number of carbonyl (C=O) groups excluding carboxylic acids is 2. The van der Waals surface area contributed by atoms with Gasteiger partial charge in [-0.3, -0.25) is 29.1 Å². The molecule has 32 heavy (non-hydrogen) atoms. The van der Waals surface area contributed by atoms with Crippen LogP contribution in [0, 0.1) is 5.92 Å². The van der Waals surface area contributed by atoms with Crippen molar-refractivity contribution in [3.05, 3.63) is 58.5 Å². The zero-order chi connectivity index (χ0) is 23.1. The number of nitrogens with zero attached hydrogens (tertiary/aromatic N) is 4. The van der Waals surface area contributed by atoms with Crippen molar-refractivity contribution >= 4 is 18.3 Å². The standard InChI is InChI=1S/C21H25N5O3.CH2O2/c1-14(27)24-11-19-16-9-15(18-3-2-4-21(29)26(18)19)12-25(13-16)20(28)6-5-17-10-22-7-8-23-17;2-1-3/h2-4,7-8,10,15-16,19H,5-6,9,11-13H2,1H3,(H,24,27);1H,(H,2,3)/t15-,16+,19+;/m1./s1. The Balaban J connectivity index is 0.000000913. The third kappa shape index (κ3) is 5.37. The number of hydrogen-bond donors (Lipinski definition) is 2. The zero-order valence-corrected chi connectivity index (χ0v) is 17.9. The number of nitrogens with one attached hydrogen (secondary N) is 1. The Hall–Kier alpha value is -3.56. The molecule has 0 unspecified atom stereocenters. The van der Waals surface area contributed by atoms with Gasteiger partial charge in [-0.05, 0) is 24.8 Å². The highest BCUT2D eigenvalue weighted by Gasteiger charge is 2.41. The van der Waals surface area contributed by atoms with Crippen molar-refractivity contribution in [1.82, 2.24) is 24.8 Å². The van der Waals surface area contributed by atoms with E-state index in [1.54, 1.807) is 30.7 Å². The predicted octanol–water partition coefficient (Wildman–Crippen LogP) is 0.595. The van der Waals surface area contributed by atoms with Crippen molar-refractivity contribution < 1.29 is 19.5 Å². The van der Waals surface area contributed by atoms with Gasteiger partial charge >= 0.3 is 0 Å². The third-order valence-electron chi connectivity index (χ3n) is 5.92. The highest BCUT2D eigenvalue weighted by Crippen LogP contribution is 2.40. The minimum Gasteiger partial charge on any atom is -0.483 e. The third-order valence-corrected chi connectivity index (χ3v) is 5.92. The molecule has 0 saturated carbocycles. The van der Waals surface area contributed by atoms with Crippen molar-refractivity contribution in [2.45, 2.75) is 38.1 Å². The molecule has 0 spiro atoms. The van der Waals surface area contributed by atoms with Gasteiger partial charge in [0.15, 0.2) is 0 Å². The Bertz CT molecular complexity index is 1010. The van der Waals surface area contributed by atoms with Gasteiger partial charge in [-0.15, -0.1) is 0 Å². The minimum absolute atomic E-state index is 0.0463. The first-order chi connectivity index (χ1) is 15.4. The van der Waals surface area contributed by atoms with Crippen LogP contribution in [0.3, 0.4) is 0 Å². The maximum Gasteiger partial charge on any atom is 0.290 e. The van der Waals surface area contributed by atoms with E-state index in [1.165, 1.54) is 6.92 Å². The molecule has 2 aliphatic rings. The molecule has 2 aromatic heterocycles. The quantitative estimate of drug-likeness (QED) is 0.649. The Labute approximate surface area is 185 Å². The van der Waals surface area contributed by atoms with E-state index in [4.69, 9.17) is 9.90 Å². The summed E-state index contributed by atoms with van der Waals surface area (Å²) < 4.78 is 1.83. The lowest BCUT2D eigenvalue weighted by Gasteiger charge is -2.47. The van der Waals surface area contributed by atoms with Crippen LogP contribution in [-0.2, 0) is 20.8 Å². The summed E-state index contributed by atoms with van der Waals surface area (Å²) in [6, 6.07) is 5.17. The molecular weight excluding hydrogens is 414 g/mol. The van der Waals surface area contributed by atoms with Crippen LogP contribution < -0.4 is 10.9 Å². The summed E-state index contributed by atoms with van der Waals surface area (Å²) in [6.07, 6.45) is 6.80. The van der Waals surface area contributed by atoms with Gasteiger partial charge in [-0.2, -0.15) is 0 Å². The van der Waals surface area contributed by atoms with Gasteiger partial charge < -0.3 is 19.9 Å². The summed E-state index contributed by atoms with van der Waals surface area (Å²) >= 11 is 0. The normalized spacial score (nSPS) is 20.9. The summed E-state index contributed by atoms with van der Waals surface area (Å²) in [4.78, 5) is 55.5. The SMILES string of the molecule is CC(=O)NC[C@H]1[C@H]2C[C@H](CN(C(=O)CCc3cnccn3)C2)c2cccc(=O)n21.O=CO. The summed E-state index contributed by atoms with van der Waals surface area (Å²) in [7, 11) is 0. The number of aromatic nitrogens is 3. The first-order valence-electron chi connectivity index (χ1n) is 10.5. The molecule has 4 heterocycles. The van der Waals surface area contributed by atoms with Gasteiger partial charge in [0.2, 0.25) is 11.8 Å². The fourth-order valence-electron chi connectivity index (χ4n) is 4.61. The number of pyridine rings is 1. The van der Waals surface area contributed by atoms with E-state index in [9.17, 15) is 14.4 Å². The van der Waals surface area contributed by atoms with Crippen molar-refractivity contribution in [2.24, 2.45) is 5.92 Å². The number of fused-ring (bicyclic) bond motifs is 4. The van der Waals surface area contributed by atoms with Crippen LogP contribution in [0.5, 0.6) is 0 Å². The molecule has 2 amide bonds. The molecule has 0 aromatic carbocycles. The van der Waals surface area contributed by atoms with Gasteiger partial charge in [-0.25, -0.2) is 0 Å². The predicted molar refractivity (Wildman–Crippen MR) is 115 cm³/mol. The lowest BCUT2D eigenvalue weighted by Crippen LogP contribution is -2.53. The van der Waals surface area contributed by atoms with Crippen molar-refractivity contribution in [2.75, 3.05) is 19.6 Å². The fourth-order valence-corrected chi connectivity index (χ4v) is 4.61. The van der Waals surface area contributed by atoms with Crippen LogP contribution in [0.25, 0.3) is 0 Å². The molecule has 1 fully saturated rings. The van der Waals surface area contributed by atoms with Crippen LogP contribution >= 0.6 is 0 Å². The van der Waals surface area contributed by atoms with E-state index in [1.807, 2.05) is 15.5 Å². The number of likely N-dealkylation sites (tertiary alicyclic amines) is 1. The van der Waals surface area contributed by atoms with E-state index in [0.717, 1.165) is 17.8 Å². The van der Waals surface area contributed by atoms with E-state index >= 15 is 0 Å². The maximum absolute atomic E-state index is 12.9. The highest BCUT2D eigenvalue weighted by atomic mass is 16.3. The summed E-state index contributed by atoms with van der Waals surface area (Å²) in [5, 5.41) is 9.75. The lowest BCUT2D eigenvalue weighted by atomic mass is 9.78. The molecular formula is C22H27N5O5. The minimum atomic E-state index is -0.250. The molecule has 2 aromatic rings. The van der Waals surface area contributed by atoms with Crippen LogP contribution in [0.1, 0.15) is 43.1 Å². The molecule has 3 atom stereocenters. The second-order valence-corrected chi connectivity index (χ2v) is 7.96. The van der Waals surface area contributed by atoms with Gasteiger partial charge in [0.1, 0.15) is 0 Å². The summed E-state index contributed by atoms with van der Waals surface area (Å²) in [5.74, 6) is 0.242. The first-order valence-corrected chi connectivity index (χ1v) is 10.5. The number of aryl methyl sites for hydroxylation is 1. The molecule has 10 nitrogen and oxygen atoms in total. The first kappa shape index (κ1) is 23.1. The zero-order valence-electron chi connectivity index (χ0n) is 17.9. The van der Waals surface area contributed by atoms with Gasteiger partial charge in [-0.1, -0.05) is 6.07 Å². The number of carbonyl (C=O) groups is 3. The maximum atomic E-state index is 12.9. The molecule has 2 bridgehead atoms. The van der Waals surface area contributed by atoms with Gasteiger partial charge in [0.05, 0.1) is 11.7 Å². The van der Waals surface area contributed by atoms with Gasteiger partial charge in [0, 0.05) is 69.2 Å². The molecule has 170 valence electrons. The van der Waals surface area contributed by atoms with E-state index in [2.05, 4.69) is 15.3 Å². The Morgan fingerprint density at radius 2 is 2.06 bits per heavy atom.